The second-order valence-electron chi connectivity index (χ2n) is 11.5. The van der Waals surface area contributed by atoms with Crippen LogP contribution in [0.15, 0.2) is 54.6 Å². The Kier molecular flexibility index (Phi) is 8.14. The number of rotatable bonds is 4. The highest BCUT2D eigenvalue weighted by Gasteiger charge is 2.27. The lowest BCUT2D eigenvalue weighted by Gasteiger charge is -2.32. The van der Waals surface area contributed by atoms with Crippen LogP contribution in [0.5, 0.6) is 17.2 Å². The summed E-state index contributed by atoms with van der Waals surface area (Å²) in [6.07, 6.45) is 0. The summed E-state index contributed by atoms with van der Waals surface area (Å²) in [6.45, 7) is 12.2. The van der Waals surface area contributed by atoms with Crippen molar-refractivity contribution in [3.05, 3.63) is 88.0 Å². The van der Waals surface area contributed by atoms with Crippen molar-refractivity contribution in [3.8, 4) is 17.2 Å². The zero-order chi connectivity index (χ0) is 27.6. The van der Waals surface area contributed by atoms with Gasteiger partial charge in [0.25, 0.3) is 0 Å². The number of β-amino-alcohol motifs (C(OH)–C–C–N with tert-alkyl or cyclic N) is 1. The van der Waals surface area contributed by atoms with Crippen LogP contribution in [0, 0.1) is 6.92 Å². The van der Waals surface area contributed by atoms with Gasteiger partial charge in [-0.05, 0) is 62.5 Å². The number of ether oxygens (including phenoxy) is 3. The molecule has 6 rings (SSSR count). The van der Waals surface area contributed by atoms with E-state index in [0.717, 1.165) is 36.9 Å². The summed E-state index contributed by atoms with van der Waals surface area (Å²) in [6, 6.07) is 19.4. The fourth-order valence-corrected chi connectivity index (χ4v) is 5.37. The van der Waals surface area contributed by atoms with Crippen molar-refractivity contribution >= 4 is 0 Å². The minimum atomic E-state index is -0.0733. The summed E-state index contributed by atoms with van der Waals surface area (Å²) in [5.41, 5.74) is 7.55. The third-order valence-corrected chi connectivity index (χ3v) is 7.75. The van der Waals surface area contributed by atoms with E-state index in [1.807, 2.05) is 6.07 Å². The fourth-order valence-electron chi connectivity index (χ4n) is 5.37. The number of fused-ring (bicyclic) bond motifs is 3. The number of benzene rings is 3. The van der Waals surface area contributed by atoms with Gasteiger partial charge < -0.3 is 19.3 Å². The Morgan fingerprint density at radius 3 is 1.72 bits per heavy atom. The van der Waals surface area contributed by atoms with Crippen LogP contribution >= 0.6 is 0 Å². The first-order valence-electron chi connectivity index (χ1n) is 13.7. The van der Waals surface area contributed by atoms with Crippen molar-refractivity contribution in [2.45, 2.75) is 45.8 Å². The van der Waals surface area contributed by atoms with E-state index >= 15 is 0 Å². The van der Waals surface area contributed by atoms with E-state index in [1.165, 1.54) is 33.4 Å². The SMILES string of the molecule is CN1COc2ccc(C(C)(C)c3ccc4c(c3)CN(C)CO4)cc2C1.Cc1ccc2c(c1)CN(CCO)CO2. The lowest BCUT2D eigenvalue weighted by molar-refractivity contribution is 0.0771. The van der Waals surface area contributed by atoms with Crippen LogP contribution in [-0.2, 0) is 25.0 Å². The van der Waals surface area contributed by atoms with Crippen molar-refractivity contribution in [2.75, 3.05) is 47.4 Å². The van der Waals surface area contributed by atoms with Gasteiger partial charge in [-0.1, -0.05) is 43.7 Å². The van der Waals surface area contributed by atoms with Gasteiger partial charge in [-0.25, -0.2) is 0 Å². The predicted molar refractivity (Wildman–Crippen MR) is 153 cm³/mol. The number of nitrogens with zero attached hydrogens (tertiary/aromatic N) is 3. The first-order valence-corrected chi connectivity index (χ1v) is 13.7. The van der Waals surface area contributed by atoms with Crippen LogP contribution in [-0.4, -0.2) is 67.2 Å². The van der Waals surface area contributed by atoms with Crippen LogP contribution in [0.2, 0.25) is 0 Å². The van der Waals surface area contributed by atoms with Gasteiger partial charge in [-0.3, -0.25) is 14.7 Å². The maximum atomic E-state index is 8.82. The van der Waals surface area contributed by atoms with Crippen LogP contribution < -0.4 is 14.2 Å². The van der Waals surface area contributed by atoms with Crippen LogP contribution in [0.3, 0.4) is 0 Å². The molecule has 39 heavy (non-hydrogen) atoms. The Hall–Kier alpha value is -3.10. The molecule has 3 aromatic carbocycles. The summed E-state index contributed by atoms with van der Waals surface area (Å²) in [5, 5.41) is 8.82. The highest BCUT2D eigenvalue weighted by atomic mass is 16.5. The summed E-state index contributed by atoms with van der Waals surface area (Å²) < 4.78 is 17.2. The molecule has 7 heteroatoms. The lowest BCUT2D eigenvalue weighted by Crippen LogP contribution is -2.34. The zero-order valence-electron chi connectivity index (χ0n) is 23.9. The van der Waals surface area contributed by atoms with E-state index in [9.17, 15) is 0 Å². The van der Waals surface area contributed by atoms with Crippen molar-refractivity contribution in [1.29, 1.82) is 0 Å². The van der Waals surface area contributed by atoms with Crippen molar-refractivity contribution in [2.24, 2.45) is 0 Å². The smallest absolute Gasteiger partial charge is 0.142 e. The fraction of sp³-hybridized carbons (Fsp3) is 0.438. The Balaban J connectivity index is 0.000000186. The van der Waals surface area contributed by atoms with Gasteiger partial charge in [0.15, 0.2) is 0 Å². The Bertz CT molecular complexity index is 1240. The van der Waals surface area contributed by atoms with E-state index in [4.69, 9.17) is 19.3 Å². The molecular weight excluding hydrogens is 490 g/mol. The monoisotopic (exact) mass is 531 g/mol. The summed E-state index contributed by atoms with van der Waals surface area (Å²) in [5.74, 6) is 3.00. The van der Waals surface area contributed by atoms with E-state index < -0.39 is 0 Å². The van der Waals surface area contributed by atoms with E-state index in [2.05, 4.69) is 98.1 Å². The molecule has 0 radical (unpaired) electrons. The normalized spacial score (nSPS) is 17.4. The average molecular weight is 532 g/mol. The number of hydrogen-bond acceptors (Lipinski definition) is 7. The zero-order valence-corrected chi connectivity index (χ0v) is 23.9. The number of hydrogen-bond donors (Lipinski definition) is 1. The standard InChI is InChI=1S/C21H26N2O2.C11H15NO2/c1-21(2,17-5-7-19-15(9-17)11-22(3)13-24-19)18-6-8-20-16(10-18)12-23(4)14-25-20;1-9-2-3-11-10(6-9)7-12(4-5-13)8-14-11/h5-10H,11-14H2,1-4H3;2-3,6,13H,4-5,7-8H2,1H3. The second-order valence-corrected chi connectivity index (χ2v) is 11.5. The summed E-state index contributed by atoms with van der Waals surface area (Å²) in [7, 11) is 4.17. The van der Waals surface area contributed by atoms with Crippen LogP contribution in [0.4, 0.5) is 0 Å². The molecule has 208 valence electrons. The molecule has 3 aliphatic heterocycles. The molecule has 0 aliphatic carbocycles. The topological polar surface area (TPSA) is 57.6 Å². The number of aliphatic hydroxyl groups is 1. The minimum absolute atomic E-state index is 0.0733. The first kappa shape index (κ1) is 27.5. The van der Waals surface area contributed by atoms with E-state index in [-0.39, 0.29) is 12.0 Å². The molecule has 0 unspecified atom stereocenters. The van der Waals surface area contributed by atoms with Crippen molar-refractivity contribution < 1.29 is 19.3 Å². The predicted octanol–water partition coefficient (Wildman–Crippen LogP) is 4.72. The number of aliphatic hydroxyl groups excluding tert-OH is 1. The highest BCUT2D eigenvalue weighted by Crippen LogP contribution is 2.38. The highest BCUT2D eigenvalue weighted by molar-refractivity contribution is 5.48. The van der Waals surface area contributed by atoms with Gasteiger partial charge in [0.05, 0.1) is 6.61 Å². The molecular formula is C32H41N3O4. The van der Waals surface area contributed by atoms with Gasteiger partial charge in [-0.15, -0.1) is 0 Å². The molecule has 1 N–H and O–H groups in total. The van der Waals surface area contributed by atoms with Gasteiger partial charge in [-0.2, -0.15) is 0 Å². The lowest BCUT2D eigenvalue weighted by atomic mass is 9.77. The first-order chi connectivity index (χ1) is 18.7. The molecule has 0 fully saturated rings. The molecule has 0 saturated carbocycles. The van der Waals surface area contributed by atoms with Crippen molar-refractivity contribution in [1.82, 2.24) is 14.7 Å². The summed E-state index contributed by atoms with van der Waals surface area (Å²) >= 11 is 0. The molecule has 3 heterocycles. The Labute approximate surface area is 232 Å². The second kappa shape index (κ2) is 11.6. The quantitative estimate of drug-likeness (QED) is 0.523. The Morgan fingerprint density at radius 2 is 1.18 bits per heavy atom. The third-order valence-electron chi connectivity index (χ3n) is 7.75. The van der Waals surface area contributed by atoms with Crippen LogP contribution in [0.1, 0.15) is 47.2 Å². The van der Waals surface area contributed by atoms with Crippen molar-refractivity contribution in [3.63, 3.8) is 0 Å². The molecule has 7 nitrogen and oxygen atoms in total. The van der Waals surface area contributed by atoms with Gasteiger partial charge in [0.2, 0.25) is 0 Å². The molecule has 0 aromatic heterocycles. The molecule has 3 aliphatic rings. The van der Waals surface area contributed by atoms with Gasteiger partial charge in [0, 0.05) is 48.3 Å². The maximum absolute atomic E-state index is 8.82. The number of aryl methyl sites for hydroxylation is 1. The largest absolute Gasteiger partial charge is 0.478 e. The summed E-state index contributed by atoms with van der Waals surface area (Å²) in [4.78, 5) is 6.46. The molecule has 0 bridgehead atoms. The van der Waals surface area contributed by atoms with E-state index in [1.54, 1.807) is 0 Å². The molecule has 3 aromatic rings. The molecule has 0 amide bonds. The third kappa shape index (κ3) is 6.23. The van der Waals surface area contributed by atoms with Gasteiger partial charge >= 0.3 is 0 Å². The molecule has 0 saturated heterocycles. The van der Waals surface area contributed by atoms with Gasteiger partial charge in [0.1, 0.15) is 37.4 Å². The van der Waals surface area contributed by atoms with Crippen LogP contribution in [0.25, 0.3) is 0 Å². The maximum Gasteiger partial charge on any atom is 0.142 e. The molecule has 0 atom stereocenters. The average Bonchev–Trinajstić information content (AvgIpc) is 2.92. The minimum Gasteiger partial charge on any atom is -0.478 e. The molecule has 0 spiro atoms. The van der Waals surface area contributed by atoms with E-state index in [0.29, 0.717) is 26.7 Å². The Morgan fingerprint density at radius 1 is 0.692 bits per heavy atom.